The maximum atomic E-state index is 8.89. The van der Waals surface area contributed by atoms with E-state index in [0.717, 1.165) is 22.1 Å². The summed E-state index contributed by atoms with van der Waals surface area (Å²) in [6.07, 6.45) is 0.771. The molecule has 0 saturated heterocycles. The van der Waals surface area contributed by atoms with Crippen LogP contribution in [0.25, 0.3) is 0 Å². The van der Waals surface area contributed by atoms with Gasteiger partial charge in [0.05, 0.1) is 0 Å². The lowest BCUT2D eigenvalue weighted by molar-refractivity contribution is -0.0634. The quantitative estimate of drug-likeness (QED) is 0.730. The molecule has 0 radical (unpaired) electrons. The highest BCUT2D eigenvalue weighted by Gasteiger charge is 1.99. The third kappa shape index (κ3) is 2.81. The topological polar surface area (TPSA) is 23.5 Å². The van der Waals surface area contributed by atoms with Crippen LogP contribution in [0.2, 0.25) is 5.02 Å². The van der Waals surface area contributed by atoms with Gasteiger partial charge in [-0.05, 0) is 18.1 Å². The van der Waals surface area contributed by atoms with Crippen molar-refractivity contribution in [3.05, 3.63) is 34.9 Å². The zero-order valence-corrected chi connectivity index (χ0v) is 7.75. The molecule has 0 heterocycles. The van der Waals surface area contributed by atoms with Crippen LogP contribution >= 0.6 is 11.6 Å². The summed E-state index contributed by atoms with van der Waals surface area (Å²) in [4.78, 5) is 0. The van der Waals surface area contributed by atoms with Gasteiger partial charge >= 0.3 is 0 Å². The van der Waals surface area contributed by atoms with Crippen molar-refractivity contribution in [2.75, 3.05) is 13.6 Å². The molecule has 1 aromatic rings. The van der Waals surface area contributed by atoms with Gasteiger partial charge < -0.3 is 5.21 Å². The van der Waals surface area contributed by atoms with E-state index in [9.17, 15) is 0 Å². The van der Waals surface area contributed by atoms with Crippen LogP contribution in [0.1, 0.15) is 5.56 Å². The Morgan fingerprint density at radius 2 is 2.08 bits per heavy atom. The lowest BCUT2D eigenvalue weighted by Crippen LogP contribution is -2.15. The molecule has 0 aliphatic rings. The van der Waals surface area contributed by atoms with E-state index in [1.54, 1.807) is 7.05 Å². The first-order valence-corrected chi connectivity index (χ1v) is 4.21. The van der Waals surface area contributed by atoms with Gasteiger partial charge in [0.1, 0.15) is 0 Å². The molecule has 2 nitrogen and oxygen atoms in total. The van der Waals surface area contributed by atoms with Gasteiger partial charge in [-0.1, -0.05) is 29.8 Å². The molecule has 0 aromatic heterocycles. The summed E-state index contributed by atoms with van der Waals surface area (Å²) in [5, 5.41) is 10.8. The molecule has 0 amide bonds. The van der Waals surface area contributed by atoms with Gasteiger partial charge in [-0.3, -0.25) is 0 Å². The predicted molar refractivity (Wildman–Crippen MR) is 49.6 cm³/mol. The smallest absolute Gasteiger partial charge is 0.0438 e. The number of hydrogen-bond donors (Lipinski definition) is 1. The van der Waals surface area contributed by atoms with Crippen LogP contribution in [0.15, 0.2) is 24.3 Å². The van der Waals surface area contributed by atoms with Crippen molar-refractivity contribution in [2.24, 2.45) is 0 Å². The molecular formula is C9H12ClNO. The van der Waals surface area contributed by atoms with Gasteiger partial charge in [-0.15, -0.1) is 0 Å². The molecule has 1 aromatic carbocycles. The van der Waals surface area contributed by atoms with Gasteiger partial charge in [-0.25, -0.2) is 0 Å². The first-order chi connectivity index (χ1) is 5.70. The van der Waals surface area contributed by atoms with Crippen molar-refractivity contribution in [1.29, 1.82) is 0 Å². The highest BCUT2D eigenvalue weighted by atomic mass is 35.5. The molecule has 0 fully saturated rings. The Bertz CT molecular complexity index is 250. The van der Waals surface area contributed by atoms with Crippen molar-refractivity contribution < 1.29 is 5.21 Å². The van der Waals surface area contributed by atoms with Crippen LogP contribution in [0.3, 0.4) is 0 Å². The molecule has 0 spiro atoms. The number of likely N-dealkylation sites (N-methyl/N-ethyl adjacent to an activating group) is 1. The number of hydroxylamine groups is 2. The largest absolute Gasteiger partial charge is 0.314 e. The first kappa shape index (κ1) is 9.52. The summed E-state index contributed by atoms with van der Waals surface area (Å²) in [6.45, 7) is 0.601. The van der Waals surface area contributed by atoms with Crippen molar-refractivity contribution in [3.8, 4) is 0 Å². The van der Waals surface area contributed by atoms with E-state index >= 15 is 0 Å². The maximum absolute atomic E-state index is 8.89. The third-order valence-electron chi connectivity index (χ3n) is 1.66. The van der Waals surface area contributed by atoms with Crippen molar-refractivity contribution in [2.45, 2.75) is 6.42 Å². The van der Waals surface area contributed by atoms with E-state index in [1.165, 1.54) is 0 Å². The lowest BCUT2D eigenvalue weighted by Gasteiger charge is -2.08. The summed E-state index contributed by atoms with van der Waals surface area (Å²) in [5.74, 6) is 0. The molecule has 0 aliphatic carbocycles. The van der Waals surface area contributed by atoms with Gasteiger partial charge in [0, 0.05) is 18.6 Å². The summed E-state index contributed by atoms with van der Waals surface area (Å²) in [5.41, 5.74) is 1.07. The van der Waals surface area contributed by atoms with Crippen molar-refractivity contribution in [1.82, 2.24) is 5.06 Å². The second-order valence-corrected chi connectivity index (χ2v) is 3.13. The fourth-order valence-corrected chi connectivity index (χ4v) is 1.21. The molecule has 12 heavy (non-hydrogen) atoms. The number of benzene rings is 1. The van der Waals surface area contributed by atoms with Gasteiger partial charge in [0.2, 0.25) is 0 Å². The fraction of sp³-hybridized carbons (Fsp3) is 0.333. The Labute approximate surface area is 77.3 Å². The van der Waals surface area contributed by atoms with Gasteiger partial charge in [-0.2, -0.15) is 5.06 Å². The van der Waals surface area contributed by atoms with E-state index in [0.29, 0.717) is 6.54 Å². The monoisotopic (exact) mass is 185 g/mol. The third-order valence-corrected chi connectivity index (χ3v) is 2.03. The van der Waals surface area contributed by atoms with Crippen LogP contribution in [0, 0.1) is 0 Å². The van der Waals surface area contributed by atoms with Crippen LogP contribution < -0.4 is 0 Å². The number of nitrogens with zero attached hydrogens (tertiary/aromatic N) is 1. The number of hydrogen-bond acceptors (Lipinski definition) is 2. The normalized spacial score (nSPS) is 10.7. The van der Waals surface area contributed by atoms with E-state index < -0.39 is 0 Å². The van der Waals surface area contributed by atoms with Crippen LogP contribution in [0.4, 0.5) is 0 Å². The summed E-state index contributed by atoms with van der Waals surface area (Å²) < 4.78 is 0. The Hall–Kier alpha value is -0.570. The van der Waals surface area contributed by atoms with E-state index in [1.807, 2.05) is 24.3 Å². The van der Waals surface area contributed by atoms with Crippen LogP contribution in [0.5, 0.6) is 0 Å². The zero-order valence-electron chi connectivity index (χ0n) is 7.00. The highest BCUT2D eigenvalue weighted by Crippen LogP contribution is 2.15. The summed E-state index contributed by atoms with van der Waals surface area (Å²) >= 11 is 5.91. The molecule has 1 N–H and O–H groups in total. The average Bonchev–Trinajstić information content (AvgIpc) is 2.03. The Balaban J connectivity index is 2.57. The number of halogens is 1. The molecule has 3 heteroatoms. The maximum Gasteiger partial charge on any atom is 0.0438 e. The fourth-order valence-electron chi connectivity index (χ4n) is 0.983. The Morgan fingerprint density at radius 3 is 2.67 bits per heavy atom. The predicted octanol–water partition coefficient (Wildman–Crippen LogP) is 2.20. The molecule has 66 valence electrons. The zero-order chi connectivity index (χ0) is 8.97. The summed E-state index contributed by atoms with van der Waals surface area (Å²) in [6, 6.07) is 7.66. The molecule has 0 bridgehead atoms. The molecule has 0 aliphatic heterocycles. The van der Waals surface area contributed by atoms with Gasteiger partial charge in [0.25, 0.3) is 0 Å². The minimum atomic E-state index is 0.601. The van der Waals surface area contributed by atoms with E-state index in [-0.39, 0.29) is 0 Å². The van der Waals surface area contributed by atoms with Crippen LogP contribution in [-0.4, -0.2) is 23.9 Å². The average molecular weight is 186 g/mol. The molecule has 0 unspecified atom stereocenters. The van der Waals surface area contributed by atoms with E-state index in [2.05, 4.69) is 0 Å². The lowest BCUT2D eigenvalue weighted by atomic mass is 10.1. The van der Waals surface area contributed by atoms with Crippen LogP contribution in [-0.2, 0) is 6.42 Å². The molecular weight excluding hydrogens is 174 g/mol. The standard InChI is InChI=1S/C9H12ClNO/c1-11(12)7-6-8-4-2-3-5-9(8)10/h2-5,12H,6-7H2,1H3. The minimum Gasteiger partial charge on any atom is -0.314 e. The molecule has 0 saturated carbocycles. The highest BCUT2D eigenvalue weighted by molar-refractivity contribution is 6.31. The SMILES string of the molecule is CN(O)CCc1ccccc1Cl. The van der Waals surface area contributed by atoms with Crippen molar-refractivity contribution in [3.63, 3.8) is 0 Å². The summed E-state index contributed by atoms with van der Waals surface area (Å²) in [7, 11) is 1.62. The Morgan fingerprint density at radius 1 is 1.42 bits per heavy atom. The second-order valence-electron chi connectivity index (χ2n) is 2.72. The second kappa shape index (κ2) is 4.45. The van der Waals surface area contributed by atoms with E-state index in [4.69, 9.17) is 16.8 Å². The van der Waals surface area contributed by atoms with Crippen molar-refractivity contribution >= 4 is 11.6 Å². The Kier molecular flexibility index (Phi) is 3.53. The molecule has 0 atom stereocenters. The minimum absolute atomic E-state index is 0.601. The first-order valence-electron chi connectivity index (χ1n) is 3.83. The molecule has 1 rings (SSSR count). The number of rotatable bonds is 3. The van der Waals surface area contributed by atoms with Gasteiger partial charge in [0.15, 0.2) is 0 Å².